The Kier molecular flexibility index (Phi) is 7.64. The number of thiazole rings is 1. The van der Waals surface area contributed by atoms with Gasteiger partial charge in [-0.2, -0.15) is 22.0 Å². The van der Waals surface area contributed by atoms with Gasteiger partial charge < -0.3 is 10.1 Å². The summed E-state index contributed by atoms with van der Waals surface area (Å²) in [5.74, 6) is -0.400. The molecule has 4 aromatic rings. The fourth-order valence-electron chi connectivity index (χ4n) is 3.47. The molecule has 186 valence electrons. The van der Waals surface area contributed by atoms with Crippen molar-refractivity contribution in [3.8, 4) is 17.0 Å². The van der Waals surface area contributed by atoms with Gasteiger partial charge in [-0.3, -0.25) is 4.79 Å². The summed E-state index contributed by atoms with van der Waals surface area (Å²) in [5, 5.41) is 3.28. The second kappa shape index (κ2) is 10.9. The number of carbonyl (C=O) groups is 1. The van der Waals surface area contributed by atoms with E-state index in [2.05, 4.69) is 15.0 Å². The van der Waals surface area contributed by atoms with E-state index in [-0.39, 0.29) is 18.7 Å². The van der Waals surface area contributed by atoms with E-state index in [1.165, 1.54) is 18.2 Å². The average molecular weight is 519 g/mol. The third-order valence-corrected chi connectivity index (χ3v) is 6.19. The van der Waals surface area contributed by atoms with Crippen molar-refractivity contribution in [2.45, 2.75) is 25.8 Å². The molecule has 0 aliphatic rings. The molecule has 1 heterocycles. The first-order chi connectivity index (χ1) is 17.2. The van der Waals surface area contributed by atoms with Gasteiger partial charge in [-0.25, -0.2) is 4.98 Å². The highest BCUT2D eigenvalue weighted by atomic mass is 32.1. The third-order valence-electron chi connectivity index (χ3n) is 5.14. The Morgan fingerprint density at radius 2 is 1.67 bits per heavy atom. The number of rotatable bonds is 8. The van der Waals surface area contributed by atoms with Gasteiger partial charge in [-0.05, 0) is 29.3 Å². The van der Waals surface area contributed by atoms with Crippen LogP contribution in [0.25, 0.3) is 11.3 Å². The fraction of sp³-hybridized carbons (Fsp3) is 0.154. The number of nitrogens with one attached hydrogen (secondary N) is 1. The molecule has 0 radical (unpaired) electrons. The van der Waals surface area contributed by atoms with Crippen LogP contribution in [0, 0.1) is 0 Å². The van der Waals surface area contributed by atoms with Crippen molar-refractivity contribution in [2.75, 3.05) is 0 Å². The quantitative estimate of drug-likeness (QED) is 0.257. The van der Waals surface area contributed by atoms with Gasteiger partial charge in [0.1, 0.15) is 10.6 Å². The molecule has 0 aliphatic heterocycles. The van der Waals surface area contributed by atoms with E-state index in [1.807, 2.05) is 6.07 Å². The molecule has 36 heavy (non-hydrogen) atoms. The second-order valence-corrected chi connectivity index (χ2v) is 8.82. The van der Waals surface area contributed by atoms with Gasteiger partial charge in [0, 0.05) is 18.5 Å². The van der Waals surface area contributed by atoms with Crippen LogP contribution in [0.4, 0.5) is 22.0 Å². The van der Waals surface area contributed by atoms with Crippen LogP contribution in [0.15, 0.2) is 78.9 Å². The predicted octanol–water partition coefficient (Wildman–Crippen LogP) is 6.95. The van der Waals surface area contributed by atoms with Crippen LogP contribution in [-0.2, 0) is 19.1 Å². The summed E-state index contributed by atoms with van der Waals surface area (Å²) >= 11 is 1.11. The number of carbonyl (C=O) groups excluding carboxylic acids is 1. The first kappa shape index (κ1) is 25.3. The number of amides is 1. The first-order valence-electron chi connectivity index (χ1n) is 10.7. The average Bonchev–Trinajstić information content (AvgIpc) is 3.27. The summed E-state index contributed by atoms with van der Waals surface area (Å²) in [6.07, 6.45) is -4.32. The summed E-state index contributed by atoms with van der Waals surface area (Å²) in [6.45, 7) is -2.80. The van der Waals surface area contributed by atoms with E-state index in [0.29, 0.717) is 32.3 Å². The van der Waals surface area contributed by atoms with Crippen molar-refractivity contribution in [2.24, 2.45) is 0 Å². The van der Waals surface area contributed by atoms with Crippen LogP contribution in [0.2, 0.25) is 0 Å². The topological polar surface area (TPSA) is 51.2 Å². The molecule has 4 nitrogen and oxygen atoms in total. The zero-order chi connectivity index (χ0) is 25.7. The van der Waals surface area contributed by atoms with Crippen molar-refractivity contribution in [1.82, 2.24) is 10.3 Å². The number of hydrogen-bond donors (Lipinski definition) is 1. The zero-order valence-corrected chi connectivity index (χ0v) is 19.4. The molecule has 0 saturated heterocycles. The highest BCUT2D eigenvalue weighted by Gasteiger charge is 2.30. The van der Waals surface area contributed by atoms with E-state index >= 15 is 0 Å². The van der Waals surface area contributed by atoms with Crippen molar-refractivity contribution in [1.29, 1.82) is 0 Å². The smallest absolute Gasteiger partial charge is 0.416 e. The number of aromatic nitrogens is 1. The number of ether oxygens (including phenoxy) is 1. The summed E-state index contributed by atoms with van der Waals surface area (Å²) in [5.41, 5.74) is 1.47. The van der Waals surface area contributed by atoms with Gasteiger partial charge in [0.05, 0.1) is 16.3 Å². The van der Waals surface area contributed by atoms with Gasteiger partial charge >= 0.3 is 12.8 Å². The van der Waals surface area contributed by atoms with Crippen molar-refractivity contribution >= 4 is 17.2 Å². The van der Waals surface area contributed by atoms with Gasteiger partial charge in [0.2, 0.25) is 0 Å². The maximum Gasteiger partial charge on any atom is 0.416 e. The van der Waals surface area contributed by atoms with Crippen LogP contribution < -0.4 is 10.1 Å². The highest BCUT2D eigenvalue weighted by molar-refractivity contribution is 7.14. The lowest BCUT2D eigenvalue weighted by molar-refractivity contribution is -0.137. The van der Waals surface area contributed by atoms with Crippen LogP contribution in [-0.4, -0.2) is 17.5 Å². The van der Waals surface area contributed by atoms with E-state index in [4.69, 9.17) is 0 Å². The van der Waals surface area contributed by atoms with Gasteiger partial charge in [0.25, 0.3) is 5.91 Å². The van der Waals surface area contributed by atoms with Crippen LogP contribution in [0.5, 0.6) is 5.75 Å². The van der Waals surface area contributed by atoms with Crippen molar-refractivity contribution < 1.29 is 31.5 Å². The Bertz CT molecular complexity index is 1320. The lowest BCUT2D eigenvalue weighted by atomic mass is 10.1. The lowest BCUT2D eigenvalue weighted by Gasteiger charge is -2.08. The minimum Gasteiger partial charge on any atom is -0.435 e. The molecule has 0 atom stereocenters. The van der Waals surface area contributed by atoms with Gasteiger partial charge in [-0.1, -0.05) is 60.7 Å². The number of nitrogens with zero attached hydrogens (tertiary/aromatic N) is 1. The van der Waals surface area contributed by atoms with Crippen LogP contribution >= 0.6 is 11.3 Å². The summed E-state index contributed by atoms with van der Waals surface area (Å²) < 4.78 is 68.2. The number of hydrogen-bond acceptors (Lipinski definition) is 4. The molecular weight excluding hydrogens is 499 g/mol. The molecule has 0 unspecified atom stereocenters. The van der Waals surface area contributed by atoms with Crippen LogP contribution in [0.1, 0.15) is 31.4 Å². The Labute approximate surface area is 207 Å². The van der Waals surface area contributed by atoms with E-state index in [9.17, 15) is 26.7 Å². The molecule has 1 N–H and O–H groups in total. The van der Waals surface area contributed by atoms with Crippen LogP contribution in [0.3, 0.4) is 0 Å². The largest absolute Gasteiger partial charge is 0.435 e. The molecule has 0 bridgehead atoms. The molecule has 0 aliphatic carbocycles. The third kappa shape index (κ3) is 6.45. The summed E-state index contributed by atoms with van der Waals surface area (Å²) in [6, 6.07) is 19.9. The minimum absolute atomic E-state index is 0.00753. The molecule has 1 amide bonds. The molecular formula is C26H19F5N2O2S. The number of alkyl halides is 5. The summed E-state index contributed by atoms with van der Waals surface area (Å²) in [4.78, 5) is 18.0. The Morgan fingerprint density at radius 1 is 0.944 bits per heavy atom. The maximum atomic E-state index is 13.1. The number of benzene rings is 3. The van der Waals surface area contributed by atoms with E-state index < -0.39 is 24.3 Å². The molecule has 4 rings (SSSR count). The molecule has 3 aromatic carbocycles. The normalized spacial score (nSPS) is 11.5. The lowest BCUT2D eigenvalue weighted by Crippen LogP contribution is -2.22. The highest BCUT2D eigenvalue weighted by Crippen LogP contribution is 2.32. The Hall–Kier alpha value is -3.79. The van der Waals surface area contributed by atoms with Crippen molar-refractivity contribution in [3.63, 3.8) is 0 Å². The molecule has 10 heteroatoms. The fourth-order valence-corrected chi connectivity index (χ4v) is 4.51. The second-order valence-electron chi connectivity index (χ2n) is 7.73. The Balaban J connectivity index is 1.55. The molecule has 1 aromatic heterocycles. The molecule has 0 saturated carbocycles. The minimum atomic E-state index is -4.46. The summed E-state index contributed by atoms with van der Waals surface area (Å²) in [7, 11) is 0. The Morgan fingerprint density at radius 3 is 2.33 bits per heavy atom. The van der Waals surface area contributed by atoms with Crippen molar-refractivity contribution in [3.05, 3.63) is 105 Å². The van der Waals surface area contributed by atoms with Gasteiger partial charge in [0.15, 0.2) is 0 Å². The monoisotopic (exact) mass is 518 g/mol. The van der Waals surface area contributed by atoms with Gasteiger partial charge in [-0.15, -0.1) is 11.3 Å². The first-order valence-corrected chi connectivity index (χ1v) is 11.5. The number of halogens is 5. The van der Waals surface area contributed by atoms with E-state index in [1.54, 1.807) is 42.5 Å². The van der Waals surface area contributed by atoms with E-state index in [0.717, 1.165) is 23.5 Å². The standard InChI is InChI=1S/C26H19F5N2O2S/c27-25(28)35-20-11-9-16(10-12-20)15-32-24(34)23-22(18-6-2-1-3-7-18)33-21(36-23)14-17-5-4-8-19(13-17)26(29,30)31/h1-13,25H,14-15H2,(H,32,34). The zero-order valence-electron chi connectivity index (χ0n) is 18.6. The SMILES string of the molecule is O=C(NCc1ccc(OC(F)F)cc1)c1sc(Cc2cccc(C(F)(F)F)c2)nc1-c1ccccc1. The maximum absolute atomic E-state index is 13.1. The molecule has 0 fully saturated rings. The molecule has 0 spiro atoms. The predicted molar refractivity (Wildman–Crippen MR) is 126 cm³/mol.